The first-order chi connectivity index (χ1) is 5.63. The van der Waals surface area contributed by atoms with Crippen molar-refractivity contribution in [2.24, 2.45) is 0 Å². The average molecular weight is 170 g/mol. The fourth-order valence-corrected chi connectivity index (χ4v) is 0.784. The molecule has 0 aromatic carbocycles. The Labute approximate surface area is 72.4 Å². The summed E-state index contributed by atoms with van der Waals surface area (Å²) in [5.74, 6) is -0.762. The van der Waals surface area contributed by atoms with Gasteiger partial charge in [0.15, 0.2) is 5.78 Å². The molecule has 0 heterocycles. The highest BCUT2D eigenvalue weighted by Crippen LogP contribution is 2.01. The van der Waals surface area contributed by atoms with Crippen LogP contribution in [0.3, 0.4) is 0 Å². The van der Waals surface area contributed by atoms with E-state index < -0.39 is 5.97 Å². The second-order valence-corrected chi connectivity index (χ2v) is 2.30. The van der Waals surface area contributed by atoms with Gasteiger partial charge in [-0.15, -0.1) is 0 Å². The molecule has 3 heteroatoms. The zero-order chi connectivity index (χ0) is 9.56. The zero-order valence-corrected chi connectivity index (χ0v) is 7.72. The first-order valence-electron chi connectivity index (χ1n) is 4.01. The Balaban J connectivity index is 4.41. The summed E-state index contributed by atoms with van der Waals surface area (Å²) in [7, 11) is 0. The number of rotatable bonds is 4. The number of Topliss-reactive ketones (excluding diaryl/α,β-unsaturated/α-hetero) is 1. The van der Waals surface area contributed by atoms with Crippen LogP contribution in [0.1, 0.15) is 27.2 Å². The van der Waals surface area contributed by atoms with E-state index in [1.165, 1.54) is 6.92 Å². The summed E-state index contributed by atoms with van der Waals surface area (Å²) >= 11 is 0. The van der Waals surface area contributed by atoms with E-state index in [1.54, 1.807) is 13.0 Å². The highest BCUT2D eigenvalue weighted by atomic mass is 16.5. The number of carbonyl (C=O) groups is 2. The van der Waals surface area contributed by atoms with Gasteiger partial charge in [0.1, 0.15) is 0 Å². The smallest absolute Gasteiger partial charge is 0.341 e. The van der Waals surface area contributed by atoms with Gasteiger partial charge in [-0.3, -0.25) is 4.79 Å². The zero-order valence-electron chi connectivity index (χ0n) is 7.72. The maximum absolute atomic E-state index is 11.1. The number of ether oxygens (including phenoxy) is 1. The molecule has 0 aromatic rings. The Morgan fingerprint density at radius 1 is 1.33 bits per heavy atom. The van der Waals surface area contributed by atoms with E-state index in [9.17, 15) is 9.59 Å². The number of hydrogen-bond acceptors (Lipinski definition) is 3. The maximum atomic E-state index is 11.1. The predicted octanol–water partition coefficient (Wildman–Crippen LogP) is 1.47. The first kappa shape index (κ1) is 10.9. The molecule has 0 aliphatic heterocycles. The third-order valence-corrected chi connectivity index (χ3v) is 1.28. The van der Waals surface area contributed by atoms with Crippen LogP contribution in [0.5, 0.6) is 0 Å². The molecule has 0 saturated carbocycles. The largest absolute Gasteiger partial charge is 0.462 e. The summed E-state index contributed by atoms with van der Waals surface area (Å²) in [5, 5.41) is 0. The lowest BCUT2D eigenvalue weighted by molar-refractivity contribution is -0.139. The molecule has 0 radical (unpaired) electrons. The lowest BCUT2D eigenvalue weighted by Crippen LogP contribution is -2.13. The van der Waals surface area contributed by atoms with Crippen molar-refractivity contribution in [1.82, 2.24) is 0 Å². The van der Waals surface area contributed by atoms with Crippen LogP contribution >= 0.6 is 0 Å². The second-order valence-electron chi connectivity index (χ2n) is 2.30. The molecule has 0 bridgehead atoms. The number of ketones is 1. The summed E-state index contributed by atoms with van der Waals surface area (Å²) in [6.07, 6.45) is 2.24. The molecule has 0 spiro atoms. The minimum atomic E-state index is -0.521. The van der Waals surface area contributed by atoms with E-state index in [1.807, 2.05) is 6.92 Å². The third kappa shape index (κ3) is 3.32. The van der Waals surface area contributed by atoms with Gasteiger partial charge in [-0.2, -0.15) is 0 Å². The van der Waals surface area contributed by atoms with Gasteiger partial charge in [0.2, 0.25) is 0 Å². The number of hydrogen-bond donors (Lipinski definition) is 0. The number of carbonyl (C=O) groups excluding carboxylic acids is 2. The molecule has 12 heavy (non-hydrogen) atoms. The monoisotopic (exact) mass is 170 g/mol. The molecule has 0 aromatic heterocycles. The average Bonchev–Trinajstić information content (AvgIpc) is 1.99. The molecule has 3 nitrogen and oxygen atoms in total. The molecule has 0 saturated heterocycles. The number of esters is 1. The van der Waals surface area contributed by atoms with Gasteiger partial charge < -0.3 is 4.74 Å². The van der Waals surface area contributed by atoms with Crippen molar-refractivity contribution < 1.29 is 14.3 Å². The molecular formula is C9H14O3. The van der Waals surface area contributed by atoms with Gasteiger partial charge in [-0.25, -0.2) is 4.79 Å². The van der Waals surface area contributed by atoms with Gasteiger partial charge in [-0.05, 0) is 20.3 Å². The van der Waals surface area contributed by atoms with E-state index in [0.717, 1.165) is 0 Å². The van der Waals surface area contributed by atoms with Crippen LogP contribution in [0.25, 0.3) is 0 Å². The van der Waals surface area contributed by atoms with Gasteiger partial charge >= 0.3 is 5.97 Å². The Kier molecular flexibility index (Phi) is 5.00. The van der Waals surface area contributed by atoms with Crippen molar-refractivity contribution in [1.29, 1.82) is 0 Å². The molecule has 0 unspecified atom stereocenters. The second kappa shape index (κ2) is 5.52. The Morgan fingerprint density at radius 2 is 1.92 bits per heavy atom. The normalized spacial score (nSPS) is 11.1. The first-order valence-corrected chi connectivity index (χ1v) is 4.01. The molecule has 0 rings (SSSR count). The quantitative estimate of drug-likeness (QED) is 0.278. The third-order valence-electron chi connectivity index (χ3n) is 1.28. The standard InChI is InChI=1S/C9H14O3/c1-4-6-8(7(3)10)9(11)12-5-2/h6H,4-5H2,1-3H3/b8-6+. The van der Waals surface area contributed by atoms with Crippen LogP contribution in [0, 0.1) is 0 Å². The lowest BCUT2D eigenvalue weighted by atomic mass is 10.1. The van der Waals surface area contributed by atoms with Gasteiger partial charge in [0.25, 0.3) is 0 Å². The van der Waals surface area contributed by atoms with Crippen LogP contribution in [-0.2, 0) is 14.3 Å². The van der Waals surface area contributed by atoms with Crippen LogP contribution in [0.4, 0.5) is 0 Å². The fourth-order valence-electron chi connectivity index (χ4n) is 0.784. The van der Waals surface area contributed by atoms with Gasteiger partial charge in [0, 0.05) is 0 Å². The molecule has 68 valence electrons. The summed E-state index contributed by atoms with van der Waals surface area (Å²) in [4.78, 5) is 21.9. The van der Waals surface area contributed by atoms with E-state index >= 15 is 0 Å². The van der Waals surface area contributed by atoms with Crippen molar-refractivity contribution in [2.75, 3.05) is 6.61 Å². The lowest BCUT2D eigenvalue weighted by Gasteiger charge is -2.01. The molecule has 0 amide bonds. The van der Waals surface area contributed by atoms with Crippen LogP contribution in [0.2, 0.25) is 0 Å². The van der Waals surface area contributed by atoms with Crippen molar-refractivity contribution in [3.8, 4) is 0 Å². The Morgan fingerprint density at radius 3 is 2.25 bits per heavy atom. The predicted molar refractivity (Wildman–Crippen MR) is 45.7 cm³/mol. The minimum absolute atomic E-state index is 0.152. The minimum Gasteiger partial charge on any atom is -0.462 e. The SMILES string of the molecule is CC/C=C(\C(C)=O)C(=O)OCC. The molecule has 0 atom stereocenters. The van der Waals surface area contributed by atoms with Crippen molar-refractivity contribution >= 4 is 11.8 Å². The van der Waals surface area contributed by atoms with Crippen molar-refractivity contribution in [3.63, 3.8) is 0 Å². The van der Waals surface area contributed by atoms with Gasteiger partial charge in [0.05, 0.1) is 12.2 Å². The number of allylic oxidation sites excluding steroid dienone is 1. The van der Waals surface area contributed by atoms with Crippen LogP contribution in [0.15, 0.2) is 11.6 Å². The van der Waals surface area contributed by atoms with Gasteiger partial charge in [-0.1, -0.05) is 13.0 Å². The van der Waals surface area contributed by atoms with E-state index in [4.69, 9.17) is 0 Å². The fraction of sp³-hybridized carbons (Fsp3) is 0.556. The highest BCUT2D eigenvalue weighted by molar-refractivity contribution is 6.16. The Hall–Kier alpha value is -1.12. The maximum Gasteiger partial charge on any atom is 0.341 e. The van der Waals surface area contributed by atoms with Crippen molar-refractivity contribution in [2.45, 2.75) is 27.2 Å². The van der Waals surface area contributed by atoms with Crippen molar-refractivity contribution in [3.05, 3.63) is 11.6 Å². The van der Waals surface area contributed by atoms with E-state index in [2.05, 4.69) is 4.74 Å². The van der Waals surface area contributed by atoms with Crippen LogP contribution in [-0.4, -0.2) is 18.4 Å². The molecule has 0 aliphatic rings. The molecular weight excluding hydrogens is 156 g/mol. The van der Waals surface area contributed by atoms with Crippen LogP contribution < -0.4 is 0 Å². The summed E-state index contributed by atoms with van der Waals surface area (Å²) in [5.41, 5.74) is 0.152. The summed E-state index contributed by atoms with van der Waals surface area (Å²) in [6, 6.07) is 0. The molecule has 0 fully saturated rings. The summed E-state index contributed by atoms with van der Waals surface area (Å²) < 4.78 is 4.69. The highest BCUT2D eigenvalue weighted by Gasteiger charge is 2.13. The Bertz CT molecular complexity index is 204. The topological polar surface area (TPSA) is 43.4 Å². The van der Waals surface area contributed by atoms with E-state index in [-0.39, 0.29) is 11.4 Å². The molecule has 0 aliphatic carbocycles. The van der Waals surface area contributed by atoms with E-state index in [0.29, 0.717) is 13.0 Å². The molecule has 0 N–H and O–H groups in total. The summed E-state index contributed by atoms with van der Waals surface area (Å²) in [6.45, 7) is 5.23.